The first-order valence-corrected chi connectivity index (χ1v) is 12.9. The van der Waals surface area contributed by atoms with Crippen LogP contribution in [0.4, 0.5) is 0 Å². The predicted molar refractivity (Wildman–Crippen MR) is 77.3 cm³/mol. The Morgan fingerprint density at radius 2 is 1.73 bits per heavy atom. The van der Waals surface area contributed by atoms with Gasteiger partial charge in [-0.25, -0.2) is 0 Å². The molecule has 0 saturated carbocycles. The van der Waals surface area contributed by atoms with E-state index in [9.17, 15) is 0 Å². The van der Waals surface area contributed by atoms with Gasteiger partial charge in [-0.3, -0.25) is 0 Å². The lowest BCUT2D eigenvalue weighted by Crippen LogP contribution is -2.68. The molecule has 0 radical (unpaired) electrons. The van der Waals surface area contributed by atoms with Crippen molar-refractivity contribution in [3.8, 4) is 0 Å². The van der Waals surface area contributed by atoms with Crippen LogP contribution in [0.15, 0.2) is 11.3 Å². The molecule has 0 bridgehead atoms. The van der Waals surface area contributed by atoms with Crippen molar-refractivity contribution in [2.75, 3.05) is 6.54 Å². The van der Waals surface area contributed by atoms with E-state index >= 15 is 0 Å². The maximum Gasteiger partial charge on any atom is 0.141 e. The van der Waals surface area contributed by atoms with Gasteiger partial charge in [0.05, 0.1) is 7.59 Å². The molecular weight excluding hydrogens is 214 g/mol. The minimum atomic E-state index is -1.35. The van der Waals surface area contributed by atoms with E-state index in [0.29, 0.717) is 0 Å². The first-order valence-electron chi connectivity index (χ1n) is 6.24. The molecule has 0 heterocycles. The van der Waals surface area contributed by atoms with Gasteiger partial charge in [-0.1, -0.05) is 44.8 Å². The SMILES string of the molecule is C/C=C(\C)[Si](CC)(NCCC)[Si](C)(C)C. The highest BCUT2D eigenvalue weighted by molar-refractivity contribution is 7.42. The molecule has 0 aliphatic heterocycles. The fraction of sp³-hybridized carbons (Fsp3) is 0.833. The Morgan fingerprint density at radius 3 is 2.00 bits per heavy atom. The zero-order valence-corrected chi connectivity index (χ0v) is 13.7. The van der Waals surface area contributed by atoms with Crippen LogP contribution in [0.2, 0.25) is 25.7 Å². The first-order chi connectivity index (χ1) is 6.85. The molecule has 1 unspecified atom stereocenters. The molecule has 0 aliphatic carbocycles. The average Bonchev–Trinajstić information content (AvgIpc) is 2.17. The molecule has 1 atom stereocenters. The summed E-state index contributed by atoms with van der Waals surface area (Å²) < 4.78 is 0. The number of hydrogen-bond donors (Lipinski definition) is 1. The third-order valence-electron chi connectivity index (χ3n) is 3.59. The van der Waals surface area contributed by atoms with Crippen LogP contribution in [0.1, 0.15) is 34.1 Å². The van der Waals surface area contributed by atoms with Gasteiger partial charge < -0.3 is 4.98 Å². The third kappa shape index (κ3) is 3.29. The largest absolute Gasteiger partial charge is 0.336 e. The molecule has 0 aromatic carbocycles. The molecule has 3 heteroatoms. The summed E-state index contributed by atoms with van der Waals surface area (Å²) in [6, 6.07) is 1.35. The van der Waals surface area contributed by atoms with E-state index in [0.717, 1.165) is 0 Å². The lowest BCUT2D eigenvalue weighted by molar-refractivity contribution is 0.840. The van der Waals surface area contributed by atoms with Gasteiger partial charge in [-0.05, 0) is 32.9 Å². The van der Waals surface area contributed by atoms with Crippen LogP contribution in [0, 0.1) is 0 Å². The van der Waals surface area contributed by atoms with Gasteiger partial charge in [-0.15, -0.1) is 0 Å². The predicted octanol–water partition coefficient (Wildman–Crippen LogP) is 3.87. The van der Waals surface area contributed by atoms with Crippen LogP contribution in [-0.4, -0.2) is 21.9 Å². The molecule has 0 aromatic heterocycles. The van der Waals surface area contributed by atoms with Gasteiger partial charge in [0, 0.05) is 0 Å². The Kier molecular flexibility index (Phi) is 6.07. The monoisotopic (exact) mass is 243 g/mol. The van der Waals surface area contributed by atoms with Gasteiger partial charge in [0.15, 0.2) is 0 Å². The Labute approximate surface area is 98.2 Å². The first kappa shape index (κ1) is 15.1. The van der Waals surface area contributed by atoms with Crippen molar-refractivity contribution < 1.29 is 0 Å². The van der Waals surface area contributed by atoms with E-state index in [1.807, 2.05) is 0 Å². The number of rotatable bonds is 6. The Bertz CT molecular complexity index is 218. The second-order valence-electron chi connectivity index (χ2n) is 5.41. The summed E-state index contributed by atoms with van der Waals surface area (Å²) in [5, 5.41) is 1.66. The summed E-state index contributed by atoms with van der Waals surface area (Å²) in [4.78, 5) is 3.96. The topological polar surface area (TPSA) is 12.0 Å². The molecule has 0 aromatic rings. The molecule has 0 amide bonds. The molecule has 0 rings (SSSR count). The van der Waals surface area contributed by atoms with Crippen LogP contribution >= 0.6 is 0 Å². The molecule has 0 spiro atoms. The quantitative estimate of drug-likeness (QED) is 0.698. The molecule has 0 aliphatic rings. The summed E-state index contributed by atoms with van der Waals surface area (Å²) in [5.74, 6) is 0. The minimum absolute atomic E-state index is 1.10. The highest BCUT2D eigenvalue weighted by Gasteiger charge is 2.45. The zero-order chi connectivity index (χ0) is 12.1. The second-order valence-corrected chi connectivity index (χ2v) is 20.6. The van der Waals surface area contributed by atoms with Crippen molar-refractivity contribution in [3.05, 3.63) is 11.3 Å². The lowest BCUT2D eigenvalue weighted by Gasteiger charge is -2.43. The van der Waals surface area contributed by atoms with Crippen molar-refractivity contribution in [2.45, 2.75) is 59.8 Å². The van der Waals surface area contributed by atoms with Gasteiger partial charge in [0.25, 0.3) is 0 Å². The lowest BCUT2D eigenvalue weighted by atomic mass is 10.5. The molecular formula is C12H29NSi2. The standard InChI is InChI=1S/C12H29NSi2/c1-8-11-13-15(10-3,12(4)9-2)14(5,6)7/h9,13H,8,10-11H2,1-7H3/b12-9+. The van der Waals surface area contributed by atoms with E-state index in [1.54, 1.807) is 5.20 Å². The Balaban J connectivity index is 5.12. The Hall–Kier alpha value is 0.134. The van der Waals surface area contributed by atoms with E-state index in [4.69, 9.17) is 0 Å². The molecule has 90 valence electrons. The van der Waals surface area contributed by atoms with Crippen molar-refractivity contribution in [2.24, 2.45) is 0 Å². The minimum Gasteiger partial charge on any atom is -0.336 e. The fourth-order valence-electron chi connectivity index (χ4n) is 2.52. The van der Waals surface area contributed by atoms with Crippen molar-refractivity contribution in [1.82, 2.24) is 4.98 Å². The second kappa shape index (κ2) is 6.01. The number of nitrogens with one attached hydrogen (secondary N) is 1. The smallest absolute Gasteiger partial charge is 0.141 e. The van der Waals surface area contributed by atoms with Crippen LogP contribution in [0.3, 0.4) is 0 Å². The van der Waals surface area contributed by atoms with E-state index < -0.39 is 15.3 Å². The van der Waals surface area contributed by atoms with Crippen LogP contribution in [0.25, 0.3) is 0 Å². The van der Waals surface area contributed by atoms with Crippen molar-refractivity contribution in [1.29, 1.82) is 0 Å². The Morgan fingerprint density at radius 1 is 1.20 bits per heavy atom. The summed E-state index contributed by atoms with van der Waals surface area (Å²) in [5.41, 5.74) is 0. The molecule has 1 N–H and O–H groups in total. The van der Waals surface area contributed by atoms with Crippen LogP contribution in [-0.2, 0) is 0 Å². The number of hydrogen-bond acceptors (Lipinski definition) is 1. The summed E-state index contributed by atoms with van der Waals surface area (Å²) in [6.45, 7) is 17.9. The maximum absolute atomic E-state index is 3.96. The normalized spacial score (nSPS) is 17.7. The van der Waals surface area contributed by atoms with Crippen LogP contribution < -0.4 is 4.98 Å². The van der Waals surface area contributed by atoms with Crippen molar-refractivity contribution in [3.63, 3.8) is 0 Å². The van der Waals surface area contributed by atoms with E-state index in [-0.39, 0.29) is 0 Å². The zero-order valence-electron chi connectivity index (χ0n) is 11.7. The third-order valence-corrected chi connectivity index (χ3v) is 20.2. The van der Waals surface area contributed by atoms with Gasteiger partial charge in [-0.2, -0.15) is 0 Å². The molecule has 0 saturated heterocycles. The van der Waals surface area contributed by atoms with E-state index in [2.05, 4.69) is 58.4 Å². The van der Waals surface area contributed by atoms with Gasteiger partial charge in [0.2, 0.25) is 0 Å². The average molecular weight is 244 g/mol. The highest BCUT2D eigenvalue weighted by Crippen LogP contribution is 2.27. The summed E-state index contributed by atoms with van der Waals surface area (Å²) in [6.07, 6.45) is 3.59. The van der Waals surface area contributed by atoms with Gasteiger partial charge in [0.1, 0.15) is 7.75 Å². The summed E-state index contributed by atoms with van der Waals surface area (Å²) >= 11 is 0. The fourth-order valence-corrected chi connectivity index (χ4v) is 16.7. The maximum atomic E-state index is 3.96. The summed E-state index contributed by atoms with van der Waals surface area (Å²) in [7, 11) is -2.44. The van der Waals surface area contributed by atoms with Gasteiger partial charge >= 0.3 is 0 Å². The highest BCUT2D eigenvalue weighted by atomic mass is 29.3. The molecule has 15 heavy (non-hydrogen) atoms. The molecule has 1 nitrogen and oxygen atoms in total. The number of allylic oxidation sites excluding steroid dienone is 2. The molecule has 0 fully saturated rings. The van der Waals surface area contributed by atoms with Crippen LogP contribution in [0.5, 0.6) is 0 Å². The van der Waals surface area contributed by atoms with Crippen molar-refractivity contribution >= 4 is 15.3 Å². The van der Waals surface area contributed by atoms with E-state index in [1.165, 1.54) is 19.0 Å².